The highest BCUT2D eigenvalue weighted by atomic mass is 16.5. The lowest BCUT2D eigenvalue weighted by Gasteiger charge is -2.09. The number of rotatable bonds is 2. The van der Waals surface area contributed by atoms with E-state index in [1.807, 2.05) is 53.2 Å². The maximum absolute atomic E-state index is 12.8. The molecule has 0 aliphatic carbocycles. The lowest BCUT2D eigenvalue weighted by atomic mass is 10.0. The number of hydrogen-bond donors (Lipinski definition) is 0. The Bertz CT molecular complexity index is 931. The second kappa shape index (κ2) is 4.56. The van der Waals surface area contributed by atoms with Crippen LogP contribution < -0.4 is 14.0 Å². The van der Waals surface area contributed by atoms with Crippen molar-refractivity contribution in [1.82, 2.24) is 0 Å². The number of fused-ring (bicyclic) bond motifs is 5. The molecule has 0 saturated carbocycles. The zero-order chi connectivity index (χ0) is 15.3. The Morgan fingerprint density at radius 3 is 2.45 bits per heavy atom. The van der Waals surface area contributed by atoms with Gasteiger partial charge in [-0.3, -0.25) is 4.79 Å². The molecule has 4 nitrogen and oxygen atoms in total. The molecule has 0 unspecified atom stereocenters. The molecule has 3 aromatic rings. The van der Waals surface area contributed by atoms with E-state index in [4.69, 9.17) is 9.47 Å². The summed E-state index contributed by atoms with van der Waals surface area (Å²) in [6.45, 7) is 0. The average molecular weight is 292 g/mol. The molecule has 0 bridgehead atoms. The molecule has 0 amide bonds. The van der Waals surface area contributed by atoms with Crippen molar-refractivity contribution < 1.29 is 18.8 Å². The van der Waals surface area contributed by atoms with Crippen LogP contribution in [0.1, 0.15) is 16.1 Å². The molecule has 4 heteroatoms. The van der Waals surface area contributed by atoms with Gasteiger partial charge in [0.2, 0.25) is 5.69 Å². The first-order chi connectivity index (χ1) is 10.7. The molecule has 108 valence electrons. The molecule has 4 rings (SSSR count). The van der Waals surface area contributed by atoms with Gasteiger partial charge in [0.05, 0.1) is 19.6 Å². The van der Waals surface area contributed by atoms with Gasteiger partial charge in [0.1, 0.15) is 5.56 Å². The summed E-state index contributed by atoms with van der Waals surface area (Å²) in [6.07, 6.45) is 1.92. The number of para-hydroxylation sites is 1. The molecule has 1 aromatic heterocycles. The van der Waals surface area contributed by atoms with E-state index in [9.17, 15) is 4.79 Å². The number of ketones is 1. The molecule has 0 saturated heterocycles. The fourth-order valence-electron chi connectivity index (χ4n) is 3.03. The molecule has 0 N–H and O–H groups in total. The Kier molecular flexibility index (Phi) is 2.66. The van der Waals surface area contributed by atoms with Gasteiger partial charge in [-0.1, -0.05) is 12.1 Å². The summed E-state index contributed by atoms with van der Waals surface area (Å²) < 4.78 is 12.6. The van der Waals surface area contributed by atoms with Gasteiger partial charge in [-0.15, -0.1) is 0 Å². The number of carbonyl (C=O) groups excluding carboxylic acids is 1. The SMILES string of the molecule is COc1cc2cc[n+]3c(c2cc1OC)C(=O)c1ccccc1-3. The van der Waals surface area contributed by atoms with Crippen LogP contribution in [0.5, 0.6) is 11.5 Å². The Morgan fingerprint density at radius 2 is 1.68 bits per heavy atom. The second-order valence-corrected chi connectivity index (χ2v) is 5.18. The quantitative estimate of drug-likeness (QED) is 0.533. The van der Waals surface area contributed by atoms with Crippen LogP contribution >= 0.6 is 0 Å². The summed E-state index contributed by atoms with van der Waals surface area (Å²) in [4.78, 5) is 12.8. The summed E-state index contributed by atoms with van der Waals surface area (Å²) >= 11 is 0. The van der Waals surface area contributed by atoms with E-state index in [1.165, 1.54) is 0 Å². The first-order valence-electron chi connectivity index (χ1n) is 6.99. The monoisotopic (exact) mass is 292 g/mol. The van der Waals surface area contributed by atoms with Gasteiger partial charge >= 0.3 is 0 Å². The van der Waals surface area contributed by atoms with Crippen molar-refractivity contribution in [2.75, 3.05) is 14.2 Å². The topological polar surface area (TPSA) is 39.4 Å². The first kappa shape index (κ1) is 12.8. The van der Waals surface area contributed by atoms with Crippen LogP contribution in [-0.4, -0.2) is 20.0 Å². The van der Waals surface area contributed by atoms with Crippen molar-refractivity contribution in [3.05, 3.63) is 59.9 Å². The fraction of sp³-hybridized carbons (Fsp3) is 0.111. The van der Waals surface area contributed by atoms with Crippen molar-refractivity contribution >= 4 is 16.6 Å². The minimum atomic E-state index is 0.0356. The molecule has 22 heavy (non-hydrogen) atoms. The molecule has 0 fully saturated rings. The third kappa shape index (κ3) is 1.58. The molecular formula is C18H14NO3+. The highest BCUT2D eigenvalue weighted by molar-refractivity contribution is 6.17. The smallest absolute Gasteiger partial charge is 0.267 e. The summed E-state index contributed by atoms with van der Waals surface area (Å²) in [7, 11) is 3.20. The van der Waals surface area contributed by atoms with Crippen LogP contribution in [-0.2, 0) is 0 Å². The van der Waals surface area contributed by atoms with Crippen molar-refractivity contribution in [1.29, 1.82) is 0 Å². The molecule has 0 atom stereocenters. The highest BCUT2D eigenvalue weighted by Crippen LogP contribution is 2.35. The van der Waals surface area contributed by atoms with E-state index in [0.717, 1.165) is 22.0 Å². The molecule has 2 aromatic carbocycles. The van der Waals surface area contributed by atoms with E-state index in [-0.39, 0.29) is 5.78 Å². The van der Waals surface area contributed by atoms with Gasteiger partial charge < -0.3 is 9.47 Å². The Hall–Kier alpha value is -2.88. The maximum Gasteiger partial charge on any atom is 0.267 e. The van der Waals surface area contributed by atoms with Gasteiger partial charge in [0.15, 0.2) is 17.7 Å². The Labute approximate surface area is 127 Å². The number of pyridine rings is 1. The number of methoxy groups -OCH3 is 2. The minimum Gasteiger partial charge on any atom is -0.493 e. The largest absolute Gasteiger partial charge is 0.493 e. The number of nitrogens with zero attached hydrogens (tertiary/aromatic N) is 1. The van der Waals surface area contributed by atoms with E-state index in [0.29, 0.717) is 17.2 Å². The normalized spacial score (nSPS) is 12.2. The van der Waals surface area contributed by atoms with Gasteiger partial charge in [-0.25, -0.2) is 0 Å². The standard InChI is InChI=1S/C18H14NO3/c1-21-15-9-11-7-8-19-14-6-4-3-5-12(14)18(20)17(19)13(11)10-16(15)22-2/h3-10H,1-2H3/q+1. The van der Waals surface area contributed by atoms with Crippen LogP contribution in [0.2, 0.25) is 0 Å². The second-order valence-electron chi connectivity index (χ2n) is 5.18. The summed E-state index contributed by atoms with van der Waals surface area (Å²) in [5.74, 6) is 1.31. The van der Waals surface area contributed by atoms with E-state index in [1.54, 1.807) is 14.2 Å². The molecule has 1 aliphatic heterocycles. The average Bonchev–Trinajstić information content (AvgIpc) is 2.87. The number of benzene rings is 2. The lowest BCUT2D eigenvalue weighted by molar-refractivity contribution is -0.592. The van der Waals surface area contributed by atoms with Gasteiger partial charge in [0.25, 0.3) is 11.5 Å². The molecule has 0 spiro atoms. The number of carbonyl (C=O) groups is 1. The Balaban J connectivity index is 2.08. The highest BCUT2D eigenvalue weighted by Gasteiger charge is 2.37. The zero-order valence-electron chi connectivity index (χ0n) is 12.3. The van der Waals surface area contributed by atoms with Crippen LogP contribution in [0.25, 0.3) is 16.5 Å². The zero-order valence-corrected chi connectivity index (χ0v) is 12.3. The van der Waals surface area contributed by atoms with Crippen molar-refractivity contribution in [2.24, 2.45) is 0 Å². The fourth-order valence-corrected chi connectivity index (χ4v) is 3.03. The van der Waals surface area contributed by atoms with Crippen LogP contribution in [0.4, 0.5) is 0 Å². The maximum atomic E-state index is 12.8. The number of hydrogen-bond acceptors (Lipinski definition) is 3. The van der Waals surface area contributed by atoms with E-state index >= 15 is 0 Å². The number of ether oxygens (including phenoxy) is 2. The van der Waals surface area contributed by atoms with Crippen molar-refractivity contribution in [3.8, 4) is 17.2 Å². The van der Waals surface area contributed by atoms with Crippen molar-refractivity contribution in [3.63, 3.8) is 0 Å². The Morgan fingerprint density at radius 1 is 0.955 bits per heavy atom. The lowest BCUT2D eigenvalue weighted by Crippen LogP contribution is -2.31. The molecule has 0 radical (unpaired) electrons. The predicted octanol–water partition coefficient (Wildman–Crippen LogP) is 2.68. The third-order valence-electron chi connectivity index (χ3n) is 4.08. The van der Waals surface area contributed by atoms with Gasteiger partial charge in [-0.05, 0) is 23.6 Å². The van der Waals surface area contributed by atoms with Gasteiger partial charge in [0, 0.05) is 12.1 Å². The van der Waals surface area contributed by atoms with Crippen LogP contribution in [0, 0.1) is 0 Å². The first-order valence-corrected chi connectivity index (χ1v) is 6.99. The van der Waals surface area contributed by atoms with Crippen LogP contribution in [0.15, 0.2) is 48.7 Å². The molecular weight excluding hydrogens is 278 g/mol. The molecule has 1 aliphatic rings. The summed E-state index contributed by atoms with van der Waals surface area (Å²) in [6, 6.07) is 13.4. The number of aromatic nitrogens is 1. The minimum absolute atomic E-state index is 0.0356. The third-order valence-corrected chi connectivity index (χ3v) is 4.08. The molecule has 2 heterocycles. The van der Waals surface area contributed by atoms with Gasteiger partial charge in [-0.2, -0.15) is 4.57 Å². The summed E-state index contributed by atoms with van der Waals surface area (Å²) in [5, 5.41) is 1.81. The predicted molar refractivity (Wildman–Crippen MR) is 82.0 cm³/mol. The van der Waals surface area contributed by atoms with Crippen molar-refractivity contribution in [2.45, 2.75) is 0 Å². The summed E-state index contributed by atoms with van der Waals surface area (Å²) in [5.41, 5.74) is 2.31. The van der Waals surface area contributed by atoms with E-state index in [2.05, 4.69) is 0 Å². The van der Waals surface area contributed by atoms with E-state index < -0.39 is 0 Å². The van der Waals surface area contributed by atoms with Crippen LogP contribution in [0.3, 0.4) is 0 Å².